The first-order valence-corrected chi connectivity index (χ1v) is 9.48. The molecule has 8 heteroatoms. The van der Waals surface area contributed by atoms with Gasteiger partial charge in [0, 0.05) is 23.8 Å². The molecule has 1 aliphatic carbocycles. The first-order chi connectivity index (χ1) is 13.0. The molecule has 1 saturated carbocycles. The van der Waals surface area contributed by atoms with Crippen LogP contribution < -0.4 is 5.32 Å². The van der Waals surface area contributed by atoms with E-state index >= 15 is 0 Å². The Labute approximate surface area is 160 Å². The van der Waals surface area contributed by atoms with Crippen molar-refractivity contribution < 1.29 is 23.5 Å². The molecule has 1 N–H and O–H groups in total. The number of imide groups is 1. The highest BCUT2D eigenvalue weighted by Crippen LogP contribution is 2.43. The molecule has 2 spiro atoms. The molecule has 0 atom stereocenters. The minimum Gasteiger partial charge on any atom is -0.444 e. The van der Waals surface area contributed by atoms with Gasteiger partial charge in [-0.05, 0) is 30.5 Å². The first kappa shape index (κ1) is 17.0. The molecule has 2 aliphatic heterocycles. The normalized spacial score (nSPS) is 23.7. The molecule has 2 aromatic rings. The van der Waals surface area contributed by atoms with E-state index in [0.29, 0.717) is 50.0 Å². The van der Waals surface area contributed by atoms with Crippen LogP contribution in [0.1, 0.15) is 31.2 Å². The molecule has 5 rings (SSSR count). The van der Waals surface area contributed by atoms with Crippen molar-refractivity contribution in [2.75, 3.05) is 13.2 Å². The summed E-state index contributed by atoms with van der Waals surface area (Å²) in [5.41, 5.74) is 0.390. The summed E-state index contributed by atoms with van der Waals surface area (Å²) in [6.45, 7) is 1.23. The number of para-hydroxylation sites is 1. The van der Waals surface area contributed by atoms with E-state index in [0.717, 1.165) is 5.39 Å². The fourth-order valence-corrected chi connectivity index (χ4v) is 4.62. The fourth-order valence-electron chi connectivity index (χ4n) is 4.38. The Kier molecular flexibility index (Phi) is 3.76. The molecule has 2 saturated heterocycles. The van der Waals surface area contributed by atoms with Crippen molar-refractivity contribution in [2.45, 2.75) is 43.6 Å². The third-order valence-corrected chi connectivity index (χ3v) is 6.20. The highest BCUT2D eigenvalue weighted by Gasteiger charge is 2.56. The molecular weight excluding hydrogens is 372 g/mol. The van der Waals surface area contributed by atoms with Crippen LogP contribution in [-0.4, -0.2) is 41.4 Å². The second-order valence-electron chi connectivity index (χ2n) is 7.36. The number of benzene rings is 1. The minimum absolute atomic E-state index is 0.0837. The third-order valence-electron chi connectivity index (χ3n) is 5.89. The van der Waals surface area contributed by atoms with E-state index in [-0.39, 0.29) is 17.7 Å². The Bertz CT molecular complexity index is 923. The Morgan fingerprint density at radius 2 is 1.78 bits per heavy atom. The van der Waals surface area contributed by atoms with E-state index in [4.69, 9.17) is 25.5 Å². The lowest BCUT2D eigenvalue weighted by Crippen LogP contribution is -2.53. The van der Waals surface area contributed by atoms with Gasteiger partial charge in [-0.25, -0.2) is 4.79 Å². The lowest BCUT2D eigenvalue weighted by Gasteiger charge is -2.39. The molecule has 3 heterocycles. The fraction of sp³-hybridized carbons (Fsp3) is 0.474. The molecule has 1 aromatic carbocycles. The maximum Gasteiger partial charge on any atom is 0.325 e. The van der Waals surface area contributed by atoms with E-state index in [1.807, 2.05) is 18.2 Å². The van der Waals surface area contributed by atoms with Crippen molar-refractivity contribution in [2.24, 2.45) is 0 Å². The largest absolute Gasteiger partial charge is 0.444 e. The zero-order valence-corrected chi connectivity index (χ0v) is 15.4. The van der Waals surface area contributed by atoms with Gasteiger partial charge in [-0.3, -0.25) is 9.69 Å². The number of halogens is 1. The Balaban J connectivity index is 1.39. The third kappa shape index (κ3) is 2.56. The number of urea groups is 1. The number of nitrogens with zero attached hydrogens (tertiary/aromatic N) is 1. The summed E-state index contributed by atoms with van der Waals surface area (Å²) in [7, 11) is 0. The summed E-state index contributed by atoms with van der Waals surface area (Å²) >= 11 is 6.23. The average molecular weight is 391 g/mol. The van der Waals surface area contributed by atoms with Crippen LogP contribution >= 0.6 is 11.6 Å². The summed E-state index contributed by atoms with van der Waals surface area (Å²) in [5.74, 6) is -0.810. The number of amides is 3. The molecular formula is C19H19ClN2O5. The number of ether oxygens (including phenoxy) is 2. The molecule has 3 amide bonds. The number of carbonyl (C=O) groups is 2. The number of hydrogen-bond donors (Lipinski definition) is 1. The zero-order chi connectivity index (χ0) is 18.6. The van der Waals surface area contributed by atoms with Gasteiger partial charge in [0.05, 0.1) is 19.8 Å². The van der Waals surface area contributed by atoms with Crippen LogP contribution in [-0.2, 0) is 20.8 Å². The number of nitrogens with one attached hydrogen (secondary N) is 1. The highest BCUT2D eigenvalue weighted by atomic mass is 35.5. The van der Waals surface area contributed by atoms with Gasteiger partial charge in [0.25, 0.3) is 5.91 Å². The zero-order valence-electron chi connectivity index (χ0n) is 14.6. The van der Waals surface area contributed by atoms with Crippen LogP contribution in [0.2, 0.25) is 5.22 Å². The van der Waals surface area contributed by atoms with Crippen molar-refractivity contribution in [3.63, 3.8) is 0 Å². The smallest absolute Gasteiger partial charge is 0.325 e. The Morgan fingerprint density at radius 1 is 1.07 bits per heavy atom. The van der Waals surface area contributed by atoms with Crippen LogP contribution in [0.5, 0.6) is 0 Å². The molecule has 0 bridgehead atoms. The summed E-state index contributed by atoms with van der Waals surface area (Å²) in [6, 6.07) is 6.99. The van der Waals surface area contributed by atoms with E-state index < -0.39 is 17.4 Å². The van der Waals surface area contributed by atoms with Crippen LogP contribution in [0.25, 0.3) is 11.0 Å². The van der Waals surface area contributed by atoms with Gasteiger partial charge in [-0.2, -0.15) is 0 Å². The van der Waals surface area contributed by atoms with Gasteiger partial charge in [0.15, 0.2) is 11.0 Å². The molecule has 3 fully saturated rings. The Hall–Kier alpha value is -2.09. The molecule has 3 aliphatic rings. The first-order valence-electron chi connectivity index (χ1n) is 9.10. The van der Waals surface area contributed by atoms with Crippen LogP contribution in [0.15, 0.2) is 28.7 Å². The quantitative estimate of drug-likeness (QED) is 0.796. The summed E-state index contributed by atoms with van der Waals surface area (Å²) < 4.78 is 17.0. The topological polar surface area (TPSA) is 81.0 Å². The number of carbonyl (C=O) groups excluding carboxylic acids is 2. The second-order valence-corrected chi connectivity index (χ2v) is 7.70. The highest BCUT2D eigenvalue weighted by molar-refractivity contribution is 6.31. The van der Waals surface area contributed by atoms with E-state index in [1.165, 1.54) is 4.90 Å². The maximum absolute atomic E-state index is 13.2. The van der Waals surface area contributed by atoms with Gasteiger partial charge >= 0.3 is 6.03 Å². The van der Waals surface area contributed by atoms with Gasteiger partial charge < -0.3 is 19.2 Å². The van der Waals surface area contributed by atoms with Crippen molar-refractivity contribution in [1.82, 2.24) is 10.2 Å². The predicted octanol–water partition coefficient (Wildman–Crippen LogP) is 3.19. The molecule has 0 unspecified atom stereocenters. The average Bonchev–Trinajstić information content (AvgIpc) is 3.31. The SMILES string of the molecule is O=C1NC2(CCC3(CC2)OCCO3)C(=O)N1Cc1c(Cl)oc2ccccc12. The molecule has 0 radical (unpaired) electrons. The van der Waals surface area contributed by atoms with Crippen molar-refractivity contribution >= 4 is 34.5 Å². The second kappa shape index (κ2) is 5.95. The molecule has 142 valence electrons. The van der Waals surface area contributed by atoms with E-state index in [1.54, 1.807) is 6.07 Å². The van der Waals surface area contributed by atoms with E-state index in [9.17, 15) is 9.59 Å². The monoisotopic (exact) mass is 390 g/mol. The van der Waals surface area contributed by atoms with Gasteiger partial charge in [-0.15, -0.1) is 0 Å². The Morgan fingerprint density at radius 3 is 2.52 bits per heavy atom. The van der Waals surface area contributed by atoms with Crippen LogP contribution in [0.4, 0.5) is 4.79 Å². The van der Waals surface area contributed by atoms with Gasteiger partial charge in [-0.1, -0.05) is 18.2 Å². The predicted molar refractivity (Wildman–Crippen MR) is 96.1 cm³/mol. The molecule has 27 heavy (non-hydrogen) atoms. The van der Waals surface area contributed by atoms with Crippen molar-refractivity contribution in [3.8, 4) is 0 Å². The van der Waals surface area contributed by atoms with E-state index in [2.05, 4.69) is 5.32 Å². The van der Waals surface area contributed by atoms with Crippen molar-refractivity contribution in [3.05, 3.63) is 35.0 Å². The van der Waals surface area contributed by atoms with Gasteiger partial charge in [0.2, 0.25) is 0 Å². The van der Waals surface area contributed by atoms with Gasteiger partial charge in [0.1, 0.15) is 11.1 Å². The molecule has 7 nitrogen and oxygen atoms in total. The number of furan rings is 1. The van der Waals surface area contributed by atoms with Crippen LogP contribution in [0.3, 0.4) is 0 Å². The number of fused-ring (bicyclic) bond motifs is 1. The number of rotatable bonds is 2. The molecule has 1 aromatic heterocycles. The lowest BCUT2D eigenvalue weighted by molar-refractivity contribution is -0.186. The summed E-state index contributed by atoms with van der Waals surface area (Å²) in [6.07, 6.45) is 2.16. The standard InChI is InChI=1S/C19H19ClN2O5/c20-15-13(12-3-1-2-4-14(12)27-15)11-22-16(23)18(21-17(22)24)5-7-19(8-6-18)25-9-10-26-19/h1-4H,5-11H2,(H,21,24). The maximum atomic E-state index is 13.2. The number of hydrogen-bond acceptors (Lipinski definition) is 5. The lowest BCUT2D eigenvalue weighted by atomic mass is 9.78. The minimum atomic E-state index is -0.885. The van der Waals surface area contributed by atoms with Crippen LogP contribution in [0, 0.1) is 0 Å². The summed E-state index contributed by atoms with van der Waals surface area (Å²) in [5, 5.41) is 3.92. The van der Waals surface area contributed by atoms with Crippen molar-refractivity contribution in [1.29, 1.82) is 0 Å². The summed E-state index contributed by atoms with van der Waals surface area (Å²) in [4.78, 5) is 27.0.